The zero-order valence-electron chi connectivity index (χ0n) is 19.5. The van der Waals surface area contributed by atoms with Crippen LogP contribution in [0.4, 0.5) is 9.18 Å². The van der Waals surface area contributed by atoms with Crippen molar-refractivity contribution in [2.45, 2.75) is 26.1 Å². The van der Waals surface area contributed by atoms with Gasteiger partial charge >= 0.3 is 11.7 Å². The lowest BCUT2D eigenvalue weighted by Crippen LogP contribution is -2.42. The molecule has 2 aromatic heterocycles. The fourth-order valence-electron chi connectivity index (χ4n) is 4.43. The second kappa shape index (κ2) is 9.64. The normalized spacial score (nSPS) is 15.1. The van der Waals surface area contributed by atoms with E-state index in [2.05, 4.69) is 16.5 Å². The number of halogens is 1. The zero-order chi connectivity index (χ0) is 25.2. The predicted octanol–water partition coefficient (Wildman–Crippen LogP) is 3.49. The highest BCUT2D eigenvalue weighted by molar-refractivity contribution is 5.83. The Labute approximate surface area is 206 Å². The minimum absolute atomic E-state index is 0.209. The average molecular weight is 487 g/mol. The second-order valence-corrected chi connectivity index (χ2v) is 8.49. The number of imidazole rings is 1. The molecule has 2 aromatic carbocycles. The molecule has 1 aliphatic heterocycles. The number of nitrogens with one attached hydrogen (secondary N) is 1. The van der Waals surface area contributed by atoms with Gasteiger partial charge in [-0.05, 0) is 61.4 Å². The summed E-state index contributed by atoms with van der Waals surface area (Å²) in [6.07, 6.45) is 2.23. The van der Waals surface area contributed by atoms with Crippen molar-refractivity contribution in [2.75, 3.05) is 13.2 Å². The Balaban J connectivity index is 1.70. The molecule has 5 rings (SSSR count). The van der Waals surface area contributed by atoms with Crippen LogP contribution in [0.25, 0.3) is 22.8 Å². The summed E-state index contributed by atoms with van der Waals surface area (Å²) in [6.45, 7) is 1.96. The standard InChI is InChI=1S/C26H23FN6O3/c1-17-24(23-9-11-29-33(23)21-7-5-18(15-28)6-8-21)32(25(34)30-20-10-12-36-16-20)26(35)31(17)22-4-2-3-19(13-22)14-27/h2-9,11,13,20H,10,12,14,16H2,1H3,(H,30,34). The molecule has 1 fully saturated rings. The highest BCUT2D eigenvalue weighted by Crippen LogP contribution is 2.27. The van der Waals surface area contributed by atoms with Gasteiger partial charge in [0.1, 0.15) is 12.4 Å². The molecule has 1 aliphatic rings. The van der Waals surface area contributed by atoms with Gasteiger partial charge < -0.3 is 10.1 Å². The smallest absolute Gasteiger partial charge is 0.341 e. The lowest BCUT2D eigenvalue weighted by Gasteiger charge is -2.14. The van der Waals surface area contributed by atoms with E-state index in [0.717, 1.165) is 4.57 Å². The van der Waals surface area contributed by atoms with Crippen LogP contribution < -0.4 is 11.0 Å². The highest BCUT2D eigenvalue weighted by Gasteiger charge is 2.28. The van der Waals surface area contributed by atoms with Gasteiger partial charge in [0, 0.05) is 6.61 Å². The number of benzene rings is 2. The summed E-state index contributed by atoms with van der Waals surface area (Å²) in [5, 5.41) is 16.4. The number of hydrogen-bond donors (Lipinski definition) is 1. The van der Waals surface area contributed by atoms with Crippen LogP contribution in [0.1, 0.15) is 23.2 Å². The quantitative estimate of drug-likeness (QED) is 0.465. The molecule has 1 unspecified atom stereocenters. The van der Waals surface area contributed by atoms with E-state index in [4.69, 9.17) is 10.00 Å². The third kappa shape index (κ3) is 4.10. The van der Waals surface area contributed by atoms with E-state index in [1.54, 1.807) is 72.4 Å². The van der Waals surface area contributed by atoms with Crippen LogP contribution in [-0.4, -0.2) is 44.2 Å². The Morgan fingerprint density at radius 1 is 1.22 bits per heavy atom. The van der Waals surface area contributed by atoms with Crippen LogP contribution in [0.5, 0.6) is 0 Å². The van der Waals surface area contributed by atoms with Crippen molar-refractivity contribution in [2.24, 2.45) is 0 Å². The lowest BCUT2D eigenvalue weighted by molar-refractivity contribution is 0.188. The first kappa shape index (κ1) is 23.3. The van der Waals surface area contributed by atoms with Crippen molar-refractivity contribution in [3.8, 4) is 28.8 Å². The van der Waals surface area contributed by atoms with E-state index in [-0.39, 0.29) is 6.04 Å². The van der Waals surface area contributed by atoms with Crippen molar-refractivity contribution in [1.82, 2.24) is 24.2 Å². The minimum atomic E-state index is -0.678. The van der Waals surface area contributed by atoms with Crippen LogP contribution in [0, 0.1) is 18.3 Å². The molecule has 0 radical (unpaired) electrons. The van der Waals surface area contributed by atoms with Crippen molar-refractivity contribution < 1.29 is 13.9 Å². The van der Waals surface area contributed by atoms with Crippen LogP contribution in [0.2, 0.25) is 0 Å². The predicted molar refractivity (Wildman–Crippen MR) is 130 cm³/mol. The first-order valence-electron chi connectivity index (χ1n) is 11.4. The molecule has 1 amide bonds. The number of hydrogen-bond acceptors (Lipinski definition) is 5. The Bertz CT molecular complexity index is 1520. The summed E-state index contributed by atoms with van der Waals surface area (Å²) in [7, 11) is 0. The Kier molecular flexibility index (Phi) is 6.23. The molecular weight excluding hydrogens is 463 g/mol. The van der Waals surface area contributed by atoms with E-state index in [9.17, 15) is 14.0 Å². The minimum Gasteiger partial charge on any atom is -0.379 e. The Hall–Kier alpha value is -4.49. The number of carbonyl (C=O) groups excluding carboxylic acids is 1. The first-order valence-corrected chi connectivity index (χ1v) is 11.4. The fourth-order valence-corrected chi connectivity index (χ4v) is 4.43. The van der Waals surface area contributed by atoms with Crippen molar-refractivity contribution in [1.29, 1.82) is 5.26 Å². The molecule has 9 nitrogen and oxygen atoms in total. The molecule has 10 heteroatoms. The molecule has 1 saturated heterocycles. The van der Waals surface area contributed by atoms with Crippen LogP contribution >= 0.6 is 0 Å². The van der Waals surface area contributed by atoms with Gasteiger partial charge in [0.05, 0.1) is 53.2 Å². The molecule has 36 heavy (non-hydrogen) atoms. The number of rotatable bonds is 5. The van der Waals surface area contributed by atoms with Gasteiger partial charge in [0.2, 0.25) is 0 Å². The largest absolute Gasteiger partial charge is 0.379 e. The van der Waals surface area contributed by atoms with Crippen LogP contribution in [0.3, 0.4) is 0 Å². The Morgan fingerprint density at radius 2 is 2.03 bits per heavy atom. The lowest BCUT2D eigenvalue weighted by atomic mass is 10.2. The van der Waals surface area contributed by atoms with Crippen molar-refractivity contribution in [3.63, 3.8) is 0 Å². The molecule has 4 aromatic rings. The SMILES string of the molecule is Cc1c(-c2ccnn2-c2ccc(C#N)cc2)n(C(=O)NC2CCOC2)c(=O)n1-c1cccc(CF)c1. The summed E-state index contributed by atoms with van der Waals surface area (Å²) in [5.74, 6) is 0. The van der Waals surface area contributed by atoms with Crippen molar-refractivity contribution in [3.05, 3.63) is 88.1 Å². The number of aromatic nitrogens is 4. The topological polar surface area (TPSA) is 107 Å². The van der Waals surface area contributed by atoms with Crippen LogP contribution in [-0.2, 0) is 11.4 Å². The van der Waals surface area contributed by atoms with E-state index in [1.165, 1.54) is 4.57 Å². The average Bonchev–Trinajstić information content (AvgIpc) is 3.64. The maximum absolute atomic E-state index is 13.7. The third-order valence-electron chi connectivity index (χ3n) is 6.19. The number of alkyl halides is 1. The second-order valence-electron chi connectivity index (χ2n) is 8.49. The maximum atomic E-state index is 13.7. The van der Waals surface area contributed by atoms with Gasteiger partial charge in [-0.2, -0.15) is 10.4 Å². The van der Waals surface area contributed by atoms with E-state index in [0.29, 0.717) is 59.2 Å². The molecule has 3 heterocycles. The molecule has 1 atom stereocenters. The molecular formula is C26H23FN6O3. The highest BCUT2D eigenvalue weighted by atomic mass is 19.1. The molecule has 0 spiro atoms. The number of nitrogens with zero attached hydrogens (tertiary/aromatic N) is 5. The first-order chi connectivity index (χ1) is 17.5. The fraction of sp³-hybridized carbons (Fsp3) is 0.231. The number of amides is 1. The summed E-state index contributed by atoms with van der Waals surface area (Å²) >= 11 is 0. The molecule has 0 bridgehead atoms. The van der Waals surface area contributed by atoms with Gasteiger partial charge in [-0.1, -0.05) is 12.1 Å². The van der Waals surface area contributed by atoms with Gasteiger partial charge in [-0.3, -0.25) is 4.57 Å². The van der Waals surface area contributed by atoms with E-state index >= 15 is 0 Å². The number of carbonyl (C=O) groups is 1. The van der Waals surface area contributed by atoms with Gasteiger partial charge in [-0.25, -0.2) is 23.2 Å². The van der Waals surface area contributed by atoms with E-state index < -0.39 is 18.4 Å². The molecule has 0 aliphatic carbocycles. The summed E-state index contributed by atoms with van der Waals surface area (Å²) in [4.78, 5) is 27.2. The zero-order valence-corrected chi connectivity index (χ0v) is 19.5. The monoisotopic (exact) mass is 486 g/mol. The van der Waals surface area contributed by atoms with Crippen LogP contribution in [0.15, 0.2) is 65.6 Å². The Morgan fingerprint density at radius 3 is 2.72 bits per heavy atom. The number of ether oxygens (including phenoxy) is 1. The van der Waals surface area contributed by atoms with E-state index in [1.807, 2.05) is 0 Å². The third-order valence-corrected chi connectivity index (χ3v) is 6.19. The van der Waals surface area contributed by atoms with Crippen molar-refractivity contribution >= 4 is 6.03 Å². The van der Waals surface area contributed by atoms with Gasteiger partial charge in [0.25, 0.3) is 0 Å². The summed E-state index contributed by atoms with van der Waals surface area (Å²) < 4.78 is 22.8. The number of nitriles is 1. The summed E-state index contributed by atoms with van der Waals surface area (Å²) in [6, 6.07) is 16.4. The maximum Gasteiger partial charge on any atom is 0.341 e. The molecule has 0 saturated carbocycles. The summed E-state index contributed by atoms with van der Waals surface area (Å²) in [5.41, 5.74) is 2.79. The van der Waals surface area contributed by atoms with Gasteiger partial charge in [0.15, 0.2) is 0 Å². The molecule has 182 valence electrons. The van der Waals surface area contributed by atoms with Gasteiger partial charge in [-0.15, -0.1) is 0 Å². The molecule has 1 N–H and O–H groups in total.